The molecule has 1 aliphatic rings. The molecule has 2 heterocycles. The maximum Gasteiger partial charge on any atom is 0.244 e. The molecule has 31 heavy (non-hydrogen) atoms. The molecule has 170 valence electrons. The molecule has 8 heteroatoms. The zero-order valence-electron chi connectivity index (χ0n) is 18.7. The number of rotatable bonds is 7. The van der Waals surface area contributed by atoms with Crippen LogP contribution in [-0.4, -0.2) is 47.9 Å². The molecule has 0 unspecified atom stereocenters. The van der Waals surface area contributed by atoms with Crippen LogP contribution >= 0.6 is 35.3 Å². The van der Waals surface area contributed by atoms with Gasteiger partial charge in [0.2, 0.25) is 5.91 Å². The van der Waals surface area contributed by atoms with E-state index in [1.54, 1.807) is 11.3 Å². The third kappa shape index (κ3) is 8.07. The third-order valence-electron chi connectivity index (χ3n) is 5.53. The maximum atomic E-state index is 12.6. The fourth-order valence-electron chi connectivity index (χ4n) is 3.70. The van der Waals surface area contributed by atoms with Crippen molar-refractivity contribution >= 4 is 47.2 Å². The molecule has 1 fully saturated rings. The van der Waals surface area contributed by atoms with E-state index >= 15 is 0 Å². The lowest BCUT2D eigenvalue weighted by Gasteiger charge is -2.31. The van der Waals surface area contributed by atoms with Crippen molar-refractivity contribution < 1.29 is 4.79 Å². The van der Waals surface area contributed by atoms with Gasteiger partial charge in [0.15, 0.2) is 5.96 Å². The van der Waals surface area contributed by atoms with Gasteiger partial charge < -0.3 is 15.5 Å². The lowest BCUT2D eigenvalue weighted by Crippen LogP contribution is -2.41. The monoisotopic (exact) mass is 555 g/mol. The summed E-state index contributed by atoms with van der Waals surface area (Å²) in [6, 6.07) is 10.6. The van der Waals surface area contributed by atoms with Gasteiger partial charge in [0.05, 0.1) is 12.2 Å². The van der Waals surface area contributed by atoms with E-state index in [1.807, 2.05) is 18.7 Å². The zero-order valence-corrected chi connectivity index (χ0v) is 21.8. The quantitative estimate of drug-likeness (QED) is 0.309. The summed E-state index contributed by atoms with van der Waals surface area (Å²) in [6.07, 6.45) is 3.22. The summed E-state index contributed by atoms with van der Waals surface area (Å²) in [5.74, 6) is 1.42. The van der Waals surface area contributed by atoms with E-state index in [-0.39, 0.29) is 36.4 Å². The summed E-state index contributed by atoms with van der Waals surface area (Å²) < 4.78 is 0. The van der Waals surface area contributed by atoms with Gasteiger partial charge in [-0.05, 0) is 51.5 Å². The van der Waals surface area contributed by atoms with Crippen LogP contribution in [0.2, 0.25) is 0 Å². The molecule has 3 rings (SSSR count). The van der Waals surface area contributed by atoms with Gasteiger partial charge in [-0.1, -0.05) is 30.3 Å². The van der Waals surface area contributed by atoms with Crippen LogP contribution in [0.5, 0.6) is 0 Å². The van der Waals surface area contributed by atoms with E-state index in [9.17, 15) is 4.79 Å². The Morgan fingerprint density at radius 3 is 2.52 bits per heavy atom. The van der Waals surface area contributed by atoms with Crippen molar-refractivity contribution in [2.45, 2.75) is 46.6 Å². The highest BCUT2D eigenvalue weighted by Gasteiger charge is 2.22. The van der Waals surface area contributed by atoms with E-state index < -0.39 is 0 Å². The van der Waals surface area contributed by atoms with Gasteiger partial charge in [-0.15, -0.1) is 35.3 Å². The number of nitrogens with one attached hydrogen (secondary N) is 2. The molecular formula is C23H34IN5OS. The van der Waals surface area contributed by atoms with Gasteiger partial charge in [-0.3, -0.25) is 4.79 Å². The third-order valence-corrected chi connectivity index (χ3v) is 6.60. The minimum Gasteiger partial charge on any atom is -0.357 e. The highest BCUT2D eigenvalue weighted by atomic mass is 127. The average molecular weight is 556 g/mol. The van der Waals surface area contributed by atoms with Crippen molar-refractivity contribution in [3.63, 3.8) is 0 Å². The van der Waals surface area contributed by atoms with Crippen LogP contribution in [0, 0.1) is 19.8 Å². The van der Waals surface area contributed by atoms with Gasteiger partial charge >= 0.3 is 0 Å². The number of nitrogens with zero attached hydrogens (tertiary/aromatic N) is 3. The first kappa shape index (κ1) is 25.6. The standard InChI is InChI=1S/C23H33N5OS.HI/c1-4-24-23(25-15-21-27-17(2)18(3)30-21)26-16-22(29)28-12-10-20(11-13-28)14-19-8-6-5-7-9-19;/h5-9,20H,4,10-16H2,1-3H3,(H2,24,25,26);1H. The summed E-state index contributed by atoms with van der Waals surface area (Å²) in [7, 11) is 0. The first-order valence-electron chi connectivity index (χ1n) is 10.8. The molecule has 6 nitrogen and oxygen atoms in total. The fourth-order valence-corrected chi connectivity index (χ4v) is 4.57. The zero-order chi connectivity index (χ0) is 21.3. The van der Waals surface area contributed by atoms with Crippen molar-refractivity contribution in [2.24, 2.45) is 10.9 Å². The minimum absolute atomic E-state index is 0. The largest absolute Gasteiger partial charge is 0.357 e. The number of likely N-dealkylation sites (tertiary alicyclic amines) is 1. The van der Waals surface area contributed by atoms with E-state index in [0.717, 1.165) is 49.6 Å². The number of aliphatic imine (C=N–C) groups is 1. The van der Waals surface area contributed by atoms with Crippen molar-refractivity contribution in [1.82, 2.24) is 20.5 Å². The first-order chi connectivity index (χ1) is 14.5. The van der Waals surface area contributed by atoms with Crippen LogP contribution in [0.4, 0.5) is 0 Å². The SMILES string of the molecule is CCNC(=NCC(=O)N1CCC(Cc2ccccc2)CC1)NCc1nc(C)c(C)s1.I. The molecule has 0 atom stereocenters. The summed E-state index contributed by atoms with van der Waals surface area (Å²) >= 11 is 1.69. The Kier molecular flexibility index (Phi) is 10.7. The lowest BCUT2D eigenvalue weighted by atomic mass is 9.90. The van der Waals surface area contributed by atoms with Crippen molar-refractivity contribution in [1.29, 1.82) is 0 Å². The van der Waals surface area contributed by atoms with Crippen molar-refractivity contribution in [2.75, 3.05) is 26.2 Å². The number of piperidine rings is 1. The second-order valence-corrected chi connectivity index (χ2v) is 9.10. The topological polar surface area (TPSA) is 69.6 Å². The molecule has 1 aromatic heterocycles. The number of carbonyl (C=O) groups excluding carboxylic acids is 1. The molecule has 1 aromatic carbocycles. The number of aromatic nitrogens is 1. The normalized spacial score (nSPS) is 14.8. The first-order valence-corrected chi connectivity index (χ1v) is 11.6. The Hall–Kier alpha value is -1.68. The van der Waals surface area contributed by atoms with Crippen molar-refractivity contribution in [3.05, 3.63) is 51.5 Å². The molecule has 0 bridgehead atoms. The molecule has 1 amide bonds. The summed E-state index contributed by atoms with van der Waals surface area (Å²) in [4.78, 5) is 24.9. The van der Waals surface area contributed by atoms with Crippen LogP contribution in [0.3, 0.4) is 0 Å². The van der Waals surface area contributed by atoms with E-state index in [2.05, 4.69) is 57.9 Å². The highest BCUT2D eigenvalue weighted by Crippen LogP contribution is 2.21. The van der Waals surface area contributed by atoms with Gasteiger partial charge in [-0.2, -0.15) is 0 Å². The molecule has 1 aliphatic heterocycles. The fraction of sp³-hybridized carbons (Fsp3) is 0.522. The molecular weight excluding hydrogens is 521 g/mol. The lowest BCUT2D eigenvalue weighted by molar-refractivity contribution is -0.130. The van der Waals surface area contributed by atoms with Crippen LogP contribution in [0.25, 0.3) is 0 Å². The second kappa shape index (κ2) is 13.0. The van der Waals surface area contributed by atoms with Gasteiger partial charge in [0, 0.05) is 24.5 Å². The second-order valence-electron chi connectivity index (χ2n) is 7.81. The summed E-state index contributed by atoms with van der Waals surface area (Å²) in [6.45, 7) is 9.32. The van der Waals surface area contributed by atoms with Gasteiger partial charge in [-0.25, -0.2) is 9.98 Å². The number of aryl methyl sites for hydroxylation is 2. The molecule has 1 saturated heterocycles. The number of benzene rings is 1. The van der Waals surface area contributed by atoms with Crippen LogP contribution < -0.4 is 10.6 Å². The predicted molar refractivity (Wildman–Crippen MR) is 139 cm³/mol. The van der Waals surface area contributed by atoms with Crippen LogP contribution in [0.1, 0.15) is 40.9 Å². The molecule has 0 spiro atoms. The number of carbonyl (C=O) groups is 1. The minimum atomic E-state index is 0. The predicted octanol–water partition coefficient (Wildman–Crippen LogP) is 3.91. The number of hydrogen-bond acceptors (Lipinski definition) is 4. The number of hydrogen-bond donors (Lipinski definition) is 2. The maximum absolute atomic E-state index is 12.6. The molecule has 0 radical (unpaired) electrons. The number of guanidine groups is 1. The average Bonchev–Trinajstić information content (AvgIpc) is 3.08. The summed E-state index contributed by atoms with van der Waals surface area (Å²) in [5.41, 5.74) is 2.46. The number of amides is 1. The van der Waals surface area contributed by atoms with Crippen LogP contribution in [0.15, 0.2) is 35.3 Å². The van der Waals surface area contributed by atoms with Crippen LogP contribution in [-0.2, 0) is 17.8 Å². The molecule has 0 aliphatic carbocycles. The Bertz CT molecular complexity index is 827. The van der Waals surface area contributed by atoms with Gasteiger partial charge in [0.1, 0.15) is 11.6 Å². The van der Waals surface area contributed by atoms with E-state index in [0.29, 0.717) is 18.4 Å². The van der Waals surface area contributed by atoms with E-state index in [4.69, 9.17) is 0 Å². The van der Waals surface area contributed by atoms with Crippen molar-refractivity contribution in [3.8, 4) is 0 Å². The number of thiazole rings is 1. The smallest absolute Gasteiger partial charge is 0.244 e. The van der Waals surface area contributed by atoms with Gasteiger partial charge in [0.25, 0.3) is 0 Å². The Balaban J connectivity index is 0.00000341. The Labute approximate surface area is 207 Å². The Morgan fingerprint density at radius 1 is 1.19 bits per heavy atom. The molecule has 2 aromatic rings. The summed E-state index contributed by atoms with van der Waals surface area (Å²) in [5, 5.41) is 7.53. The Morgan fingerprint density at radius 2 is 1.90 bits per heavy atom. The number of halogens is 1. The molecule has 2 N–H and O–H groups in total. The molecule has 0 saturated carbocycles. The van der Waals surface area contributed by atoms with E-state index in [1.165, 1.54) is 10.4 Å². The highest BCUT2D eigenvalue weighted by molar-refractivity contribution is 14.0.